The number of aliphatic hydroxyl groups excluding tert-OH is 2. The summed E-state index contributed by atoms with van der Waals surface area (Å²) >= 11 is 0. The summed E-state index contributed by atoms with van der Waals surface area (Å²) in [6.07, 6.45) is 13.8. The highest BCUT2D eigenvalue weighted by molar-refractivity contribution is 4.47. The van der Waals surface area contributed by atoms with Crippen molar-refractivity contribution in [1.82, 2.24) is 0 Å². The lowest BCUT2D eigenvalue weighted by molar-refractivity contribution is -0.870. The highest BCUT2D eigenvalue weighted by atomic mass is 79.9. The summed E-state index contributed by atoms with van der Waals surface area (Å²) in [5, 5.41) is 16.0. The van der Waals surface area contributed by atoms with Crippen LogP contribution >= 0.6 is 0 Å². The zero-order chi connectivity index (χ0) is 16.6. The summed E-state index contributed by atoms with van der Waals surface area (Å²) in [5.41, 5.74) is 0. The molecule has 0 radical (unpaired) electrons. The van der Waals surface area contributed by atoms with E-state index in [0.717, 1.165) is 4.48 Å². The second-order valence-electron chi connectivity index (χ2n) is 7.23. The molecular weight excluding hydrogens is 342 g/mol. The molecule has 0 aromatic rings. The zero-order valence-corrected chi connectivity index (χ0v) is 17.4. The number of quaternary nitrogens is 1. The first-order valence-corrected chi connectivity index (χ1v) is 8.93. The van der Waals surface area contributed by atoms with Crippen molar-refractivity contribution in [2.24, 2.45) is 0 Å². The van der Waals surface area contributed by atoms with Crippen molar-refractivity contribution >= 4 is 0 Å². The fourth-order valence-electron chi connectivity index (χ4n) is 2.07. The summed E-state index contributed by atoms with van der Waals surface area (Å²) < 4.78 is 1.12. The van der Waals surface area contributed by atoms with Crippen molar-refractivity contribution in [2.75, 3.05) is 34.3 Å². The first-order valence-electron chi connectivity index (χ1n) is 8.93. The molecule has 138 valence electrons. The van der Waals surface area contributed by atoms with E-state index in [0.29, 0.717) is 0 Å². The first-order chi connectivity index (χ1) is 9.83. The Labute approximate surface area is 150 Å². The summed E-state index contributed by atoms with van der Waals surface area (Å²) in [7, 11) is 6.86. The second-order valence-corrected chi connectivity index (χ2v) is 7.23. The third-order valence-electron chi connectivity index (χ3n) is 3.45. The first kappa shape index (κ1) is 27.2. The van der Waals surface area contributed by atoms with Gasteiger partial charge < -0.3 is 31.7 Å². The van der Waals surface area contributed by atoms with Crippen molar-refractivity contribution < 1.29 is 31.7 Å². The molecule has 22 heavy (non-hydrogen) atoms. The van der Waals surface area contributed by atoms with Crippen molar-refractivity contribution in [2.45, 2.75) is 84.2 Å². The van der Waals surface area contributed by atoms with Crippen LogP contribution in [0.5, 0.6) is 0 Å². The van der Waals surface area contributed by atoms with Crippen molar-refractivity contribution in [3.8, 4) is 0 Å². The van der Waals surface area contributed by atoms with Crippen LogP contribution in [0, 0.1) is 0 Å². The average molecular weight is 384 g/mol. The molecule has 0 spiro atoms. The molecule has 0 fully saturated rings. The quantitative estimate of drug-likeness (QED) is 0.389. The molecule has 0 aromatic carbocycles. The molecule has 0 aromatic heterocycles. The smallest absolute Gasteiger partial charge is 0.0780 e. The van der Waals surface area contributed by atoms with Crippen molar-refractivity contribution in [3.63, 3.8) is 0 Å². The maximum absolute atomic E-state index is 8.11. The summed E-state index contributed by atoms with van der Waals surface area (Å²) in [5.74, 6) is 0. The van der Waals surface area contributed by atoms with Gasteiger partial charge in [0.1, 0.15) is 0 Å². The van der Waals surface area contributed by atoms with Gasteiger partial charge in [-0.3, -0.25) is 0 Å². The number of hydrogen-bond donors (Lipinski definition) is 2. The molecule has 1 atom stereocenters. The third kappa shape index (κ3) is 32.3. The van der Waals surface area contributed by atoms with Crippen LogP contribution in [-0.2, 0) is 0 Å². The number of halogens is 1. The largest absolute Gasteiger partial charge is 1.00 e. The van der Waals surface area contributed by atoms with Gasteiger partial charge in [0.15, 0.2) is 0 Å². The van der Waals surface area contributed by atoms with Crippen LogP contribution in [0.2, 0.25) is 0 Å². The van der Waals surface area contributed by atoms with Crippen LogP contribution < -0.4 is 17.0 Å². The minimum atomic E-state index is -0.560. The van der Waals surface area contributed by atoms with Gasteiger partial charge in [-0.2, -0.15) is 0 Å². The molecular formula is C18H42BrNO2. The fourth-order valence-corrected chi connectivity index (χ4v) is 2.07. The molecule has 4 heteroatoms. The van der Waals surface area contributed by atoms with Gasteiger partial charge in [-0.1, -0.05) is 58.3 Å². The molecule has 3 nitrogen and oxygen atoms in total. The van der Waals surface area contributed by atoms with Crippen LogP contribution in [0.3, 0.4) is 0 Å². The van der Waals surface area contributed by atoms with Gasteiger partial charge in [-0.05, 0) is 19.8 Å². The Hall–Kier alpha value is 0.360. The number of aliphatic hydroxyl groups is 2. The molecule has 0 amide bonds. The molecule has 0 saturated carbocycles. The van der Waals surface area contributed by atoms with E-state index in [1.165, 1.54) is 77.7 Å². The lowest BCUT2D eigenvalue weighted by atomic mass is 10.1. The zero-order valence-electron chi connectivity index (χ0n) is 15.8. The Morgan fingerprint density at radius 1 is 0.773 bits per heavy atom. The fraction of sp³-hybridized carbons (Fsp3) is 1.00. The minimum absolute atomic E-state index is 0. The van der Waals surface area contributed by atoms with Gasteiger partial charge in [0.25, 0.3) is 0 Å². The molecule has 0 rings (SSSR count). The van der Waals surface area contributed by atoms with Gasteiger partial charge in [0.2, 0.25) is 0 Å². The van der Waals surface area contributed by atoms with E-state index in [1.807, 2.05) is 0 Å². The van der Waals surface area contributed by atoms with Gasteiger partial charge in [-0.25, -0.2) is 0 Å². The van der Waals surface area contributed by atoms with Crippen molar-refractivity contribution in [1.29, 1.82) is 0 Å². The highest BCUT2D eigenvalue weighted by Gasteiger charge is 2.04. The van der Waals surface area contributed by atoms with Crippen LogP contribution in [0.4, 0.5) is 0 Å². The summed E-state index contributed by atoms with van der Waals surface area (Å²) in [6, 6.07) is 0. The lowest BCUT2D eigenvalue weighted by Crippen LogP contribution is -3.00. The van der Waals surface area contributed by atoms with Crippen LogP contribution in [0.25, 0.3) is 0 Å². The Balaban J connectivity index is -0.000000520. The Kier molecular flexibility index (Phi) is 24.0. The van der Waals surface area contributed by atoms with Gasteiger partial charge in [0.05, 0.1) is 40.4 Å². The SMILES string of the molecule is CC(O)CO.CCCCCCCCCCCC[N+](C)(C)C.[Br-]. The van der Waals surface area contributed by atoms with Crippen LogP contribution in [0.1, 0.15) is 78.1 Å². The van der Waals surface area contributed by atoms with E-state index < -0.39 is 6.10 Å². The molecule has 0 bridgehead atoms. The van der Waals surface area contributed by atoms with E-state index in [4.69, 9.17) is 10.2 Å². The molecule has 0 aliphatic heterocycles. The summed E-state index contributed by atoms with van der Waals surface area (Å²) in [4.78, 5) is 0. The second kappa shape index (κ2) is 19.4. The summed E-state index contributed by atoms with van der Waals surface area (Å²) in [6.45, 7) is 5.00. The Morgan fingerprint density at radius 3 is 1.36 bits per heavy atom. The maximum Gasteiger partial charge on any atom is 0.0780 e. The molecule has 0 saturated heterocycles. The molecule has 0 aliphatic rings. The highest BCUT2D eigenvalue weighted by Crippen LogP contribution is 2.10. The number of hydrogen-bond acceptors (Lipinski definition) is 2. The predicted molar refractivity (Wildman–Crippen MR) is 93.5 cm³/mol. The van der Waals surface area contributed by atoms with Crippen molar-refractivity contribution in [3.05, 3.63) is 0 Å². The minimum Gasteiger partial charge on any atom is -1.00 e. The van der Waals surface area contributed by atoms with E-state index in [2.05, 4.69) is 28.1 Å². The topological polar surface area (TPSA) is 40.5 Å². The third-order valence-corrected chi connectivity index (χ3v) is 3.45. The molecule has 0 heterocycles. The Morgan fingerprint density at radius 2 is 1.09 bits per heavy atom. The normalized spacial score (nSPS) is 12.1. The maximum atomic E-state index is 8.11. The lowest BCUT2D eigenvalue weighted by Gasteiger charge is -2.23. The molecule has 1 unspecified atom stereocenters. The number of rotatable bonds is 12. The number of unbranched alkanes of at least 4 members (excludes halogenated alkanes) is 9. The Bertz CT molecular complexity index is 194. The van der Waals surface area contributed by atoms with Crippen LogP contribution in [0.15, 0.2) is 0 Å². The van der Waals surface area contributed by atoms with E-state index >= 15 is 0 Å². The van der Waals surface area contributed by atoms with E-state index in [-0.39, 0.29) is 23.6 Å². The standard InChI is InChI=1S/C15H34N.C3H8O2.BrH/c1-5-6-7-8-9-10-11-12-13-14-15-16(2,3)4;1-3(5)2-4;/h5-15H2,1-4H3;3-5H,2H2,1H3;1H/q+1;;/p-1. The van der Waals surface area contributed by atoms with Crippen LogP contribution in [-0.4, -0.2) is 55.1 Å². The average Bonchev–Trinajstić information content (AvgIpc) is 2.40. The molecule has 2 N–H and O–H groups in total. The van der Waals surface area contributed by atoms with Gasteiger partial charge in [-0.15, -0.1) is 0 Å². The number of nitrogens with zero attached hydrogens (tertiary/aromatic N) is 1. The molecule has 0 aliphatic carbocycles. The van der Waals surface area contributed by atoms with Gasteiger partial charge in [0, 0.05) is 0 Å². The van der Waals surface area contributed by atoms with E-state index in [9.17, 15) is 0 Å². The van der Waals surface area contributed by atoms with E-state index in [1.54, 1.807) is 0 Å². The van der Waals surface area contributed by atoms with Gasteiger partial charge >= 0.3 is 0 Å². The predicted octanol–water partition coefficient (Wildman–Crippen LogP) is 0.977. The monoisotopic (exact) mass is 383 g/mol.